The number of nitrogens with zero attached hydrogens (tertiary/aromatic N) is 1. The molecule has 0 unspecified atom stereocenters. The zero-order chi connectivity index (χ0) is 13.1. The van der Waals surface area contributed by atoms with Crippen molar-refractivity contribution >= 4 is 17.7 Å². The third-order valence-corrected chi connectivity index (χ3v) is 3.45. The van der Waals surface area contributed by atoms with E-state index in [1.807, 2.05) is 0 Å². The number of H-pyrrole nitrogens is 1. The molecule has 0 aliphatic heterocycles. The van der Waals surface area contributed by atoms with Crippen LogP contribution in [-0.4, -0.2) is 27.2 Å². The molecular weight excluding hydrogens is 234 g/mol. The molecule has 18 heavy (non-hydrogen) atoms. The average molecular weight is 251 g/mol. The summed E-state index contributed by atoms with van der Waals surface area (Å²) in [5, 5.41) is 17.5. The summed E-state index contributed by atoms with van der Waals surface area (Å²) in [6.45, 7) is 2.20. The summed E-state index contributed by atoms with van der Waals surface area (Å²) in [4.78, 5) is 22.6. The van der Waals surface area contributed by atoms with Crippen molar-refractivity contribution < 1.29 is 14.7 Å². The molecule has 0 radical (unpaired) electrons. The van der Waals surface area contributed by atoms with Crippen molar-refractivity contribution in [1.29, 1.82) is 0 Å². The van der Waals surface area contributed by atoms with Gasteiger partial charge in [-0.25, -0.2) is 4.79 Å². The minimum absolute atomic E-state index is 0.0196. The van der Waals surface area contributed by atoms with Crippen molar-refractivity contribution in [2.45, 2.75) is 32.6 Å². The lowest BCUT2D eigenvalue weighted by Crippen LogP contribution is -2.26. The van der Waals surface area contributed by atoms with Gasteiger partial charge in [0.2, 0.25) is 5.91 Å². The van der Waals surface area contributed by atoms with Crippen LogP contribution in [0.15, 0.2) is 6.07 Å². The van der Waals surface area contributed by atoms with Crippen molar-refractivity contribution in [3.05, 3.63) is 11.8 Å². The number of anilines is 1. The van der Waals surface area contributed by atoms with E-state index in [4.69, 9.17) is 5.11 Å². The van der Waals surface area contributed by atoms with Gasteiger partial charge in [-0.1, -0.05) is 6.92 Å². The Morgan fingerprint density at radius 2 is 2.06 bits per heavy atom. The Hall–Kier alpha value is -1.85. The smallest absolute Gasteiger partial charge is 0.353 e. The van der Waals surface area contributed by atoms with Crippen molar-refractivity contribution in [2.75, 3.05) is 5.32 Å². The highest BCUT2D eigenvalue weighted by atomic mass is 16.4. The van der Waals surface area contributed by atoms with Gasteiger partial charge in [0, 0.05) is 12.0 Å². The van der Waals surface area contributed by atoms with Crippen LogP contribution in [0.5, 0.6) is 0 Å². The maximum Gasteiger partial charge on any atom is 0.353 e. The van der Waals surface area contributed by atoms with Crippen LogP contribution in [-0.2, 0) is 4.79 Å². The number of hydrogen-bond donors (Lipinski definition) is 3. The predicted molar refractivity (Wildman–Crippen MR) is 65.3 cm³/mol. The summed E-state index contributed by atoms with van der Waals surface area (Å²) in [5.74, 6) is -0.167. The second-order valence-electron chi connectivity index (χ2n) is 4.92. The number of nitrogens with one attached hydrogen (secondary N) is 2. The molecule has 1 heterocycles. The highest BCUT2D eigenvalue weighted by Gasteiger charge is 2.24. The van der Waals surface area contributed by atoms with Gasteiger partial charge in [-0.05, 0) is 31.6 Å². The Bertz CT molecular complexity index is 447. The molecule has 0 atom stereocenters. The van der Waals surface area contributed by atoms with E-state index < -0.39 is 5.97 Å². The van der Waals surface area contributed by atoms with E-state index in [0.29, 0.717) is 5.92 Å². The van der Waals surface area contributed by atoms with Crippen molar-refractivity contribution in [2.24, 2.45) is 11.8 Å². The molecule has 2 rings (SSSR count). The van der Waals surface area contributed by atoms with Crippen LogP contribution in [0, 0.1) is 11.8 Å². The van der Waals surface area contributed by atoms with E-state index >= 15 is 0 Å². The van der Waals surface area contributed by atoms with Crippen LogP contribution in [0.2, 0.25) is 0 Å². The zero-order valence-electron chi connectivity index (χ0n) is 10.3. The first-order chi connectivity index (χ1) is 8.56. The topological polar surface area (TPSA) is 95.1 Å². The summed E-state index contributed by atoms with van der Waals surface area (Å²) >= 11 is 0. The van der Waals surface area contributed by atoms with Gasteiger partial charge in [-0.15, -0.1) is 0 Å². The van der Waals surface area contributed by atoms with E-state index in [0.717, 1.165) is 25.7 Å². The number of aromatic carboxylic acids is 1. The summed E-state index contributed by atoms with van der Waals surface area (Å²) in [6, 6.07) is 1.33. The Morgan fingerprint density at radius 3 is 2.61 bits per heavy atom. The molecule has 1 saturated carbocycles. The van der Waals surface area contributed by atoms with E-state index in [2.05, 4.69) is 22.4 Å². The summed E-state index contributed by atoms with van der Waals surface area (Å²) in [6.07, 6.45) is 3.92. The van der Waals surface area contributed by atoms with Gasteiger partial charge in [0.25, 0.3) is 0 Å². The normalized spacial score (nSPS) is 23.6. The monoisotopic (exact) mass is 251 g/mol. The fourth-order valence-electron chi connectivity index (χ4n) is 2.25. The van der Waals surface area contributed by atoms with Crippen LogP contribution in [0.4, 0.5) is 5.82 Å². The van der Waals surface area contributed by atoms with Crippen molar-refractivity contribution in [1.82, 2.24) is 10.2 Å². The molecule has 1 aromatic heterocycles. The molecule has 1 fully saturated rings. The number of carbonyl (C=O) groups excluding carboxylic acids is 1. The van der Waals surface area contributed by atoms with E-state index in [1.54, 1.807) is 0 Å². The van der Waals surface area contributed by atoms with Crippen molar-refractivity contribution in [3.63, 3.8) is 0 Å². The zero-order valence-corrected chi connectivity index (χ0v) is 10.3. The number of rotatable bonds is 3. The third-order valence-electron chi connectivity index (χ3n) is 3.45. The third kappa shape index (κ3) is 2.88. The van der Waals surface area contributed by atoms with Gasteiger partial charge in [0.1, 0.15) is 5.69 Å². The molecule has 0 aromatic carbocycles. The van der Waals surface area contributed by atoms with Crippen LogP contribution < -0.4 is 5.32 Å². The van der Waals surface area contributed by atoms with E-state index in [-0.39, 0.29) is 23.3 Å². The number of carboxylic acids is 1. The maximum absolute atomic E-state index is 11.9. The highest BCUT2D eigenvalue weighted by Crippen LogP contribution is 2.28. The SMILES string of the molecule is CC1CCC(C(=O)Nc2cc(C(=O)O)[nH]n2)CC1. The first kappa shape index (κ1) is 12.6. The van der Waals surface area contributed by atoms with E-state index in [1.165, 1.54) is 6.07 Å². The number of hydrogen-bond acceptors (Lipinski definition) is 3. The number of aromatic nitrogens is 2. The number of amides is 1. The van der Waals surface area contributed by atoms with Gasteiger partial charge in [-0.2, -0.15) is 5.10 Å². The van der Waals surface area contributed by atoms with Crippen LogP contribution >= 0.6 is 0 Å². The largest absolute Gasteiger partial charge is 0.477 e. The molecule has 3 N–H and O–H groups in total. The summed E-state index contributed by atoms with van der Waals surface area (Å²) in [7, 11) is 0. The minimum atomic E-state index is -1.09. The lowest BCUT2D eigenvalue weighted by Gasteiger charge is -2.24. The highest BCUT2D eigenvalue weighted by molar-refractivity contribution is 5.93. The lowest BCUT2D eigenvalue weighted by molar-refractivity contribution is -0.121. The molecule has 0 bridgehead atoms. The number of aromatic amines is 1. The first-order valence-electron chi connectivity index (χ1n) is 6.16. The van der Waals surface area contributed by atoms with Gasteiger partial charge in [0.05, 0.1) is 0 Å². The summed E-state index contributed by atoms with van der Waals surface area (Å²) < 4.78 is 0. The lowest BCUT2D eigenvalue weighted by atomic mass is 9.82. The fraction of sp³-hybridized carbons (Fsp3) is 0.583. The van der Waals surface area contributed by atoms with Gasteiger partial charge < -0.3 is 10.4 Å². The molecule has 0 spiro atoms. The molecule has 98 valence electrons. The average Bonchev–Trinajstić information content (AvgIpc) is 2.78. The molecule has 1 aliphatic rings. The standard InChI is InChI=1S/C12H17N3O3/c1-7-2-4-8(5-3-7)11(16)13-10-6-9(12(17)18)14-15-10/h6-8H,2-5H2,1H3,(H,17,18)(H2,13,14,15,16). The molecule has 1 aromatic rings. The van der Waals surface area contributed by atoms with E-state index in [9.17, 15) is 9.59 Å². The Morgan fingerprint density at radius 1 is 1.39 bits per heavy atom. The maximum atomic E-state index is 11.9. The first-order valence-corrected chi connectivity index (χ1v) is 6.16. The van der Waals surface area contributed by atoms with Gasteiger partial charge in [-0.3, -0.25) is 9.89 Å². The Labute approximate surface area is 105 Å². The van der Waals surface area contributed by atoms with Gasteiger partial charge >= 0.3 is 5.97 Å². The molecule has 1 aliphatic carbocycles. The quantitative estimate of drug-likeness (QED) is 0.764. The van der Waals surface area contributed by atoms with Crippen LogP contribution in [0.1, 0.15) is 43.1 Å². The molecule has 0 saturated heterocycles. The molecule has 6 nitrogen and oxygen atoms in total. The van der Waals surface area contributed by atoms with Crippen molar-refractivity contribution in [3.8, 4) is 0 Å². The van der Waals surface area contributed by atoms with Crippen LogP contribution in [0.25, 0.3) is 0 Å². The van der Waals surface area contributed by atoms with Crippen LogP contribution in [0.3, 0.4) is 0 Å². The Balaban J connectivity index is 1.92. The second-order valence-corrected chi connectivity index (χ2v) is 4.92. The second kappa shape index (κ2) is 5.20. The minimum Gasteiger partial charge on any atom is -0.477 e. The number of carbonyl (C=O) groups is 2. The molecule has 6 heteroatoms. The summed E-state index contributed by atoms with van der Waals surface area (Å²) in [5.41, 5.74) is -0.0254. The molecule has 1 amide bonds. The number of carboxylic acid groups (broad SMARTS) is 1. The van der Waals surface area contributed by atoms with Gasteiger partial charge in [0.15, 0.2) is 5.82 Å². The predicted octanol–water partition coefficient (Wildman–Crippen LogP) is 1.87. The Kier molecular flexibility index (Phi) is 3.64. The fourth-order valence-corrected chi connectivity index (χ4v) is 2.25. The molecular formula is C12H17N3O3.